The minimum Gasteiger partial charge on any atom is -0.370 e. The van der Waals surface area contributed by atoms with Crippen LogP contribution in [0, 0.1) is 0 Å². The Bertz CT molecular complexity index is 916. The summed E-state index contributed by atoms with van der Waals surface area (Å²) in [5, 5.41) is 0.232. The van der Waals surface area contributed by atoms with Gasteiger partial charge in [0.05, 0.1) is 26.1 Å². The Morgan fingerprint density at radius 1 is 1.12 bits per heavy atom. The Morgan fingerprint density at radius 3 is 2.34 bits per heavy atom. The van der Waals surface area contributed by atoms with E-state index in [-0.39, 0.29) is 28.0 Å². The number of ether oxygens (including phenoxy) is 1. The van der Waals surface area contributed by atoms with Crippen molar-refractivity contribution in [2.45, 2.75) is 33.2 Å². The summed E-state index contributed by atoms with van der Waals surface area (Å²) in [4.78, 5) is 45.2. The second-order valence-corrected chi connectivity index (χ2v) is 9.99. The van der Waals surface area contributed by atoms with Crippen molar-refractivity contribution in [1.29, 1.82) is 0 Å². The van der Waals surface area contributed by atoms with Crippen molar-refractivity contribution >= 4 is 59.2 Å². The molecule has 0 spiro atoms. The molecule has 0 fully saturated rings. The third-order valence-electron chi connectivity index (χ3n) is 3.91. The van der Waals surface area contributed by atoms with Crippen LogP contribution < -0.4 is 11.3 Å². The molecule has 178 valence electrons. The molecule has 14 heteroatoms. The first kappa shape index (κ1) is 26.7. The van der Waals surface area contributed by atoms with Gasteiger partial charge in [-0.1, -0.05) is 37.4 Å². The number of aromatic amines is 1. The maximum Gasteiger partial charge on any atom is 0.280 e. The molecule has 2 heterocycles. The maximum absolute atomic E-state index is 11.8. The maximum atomic E-state index is 11.8. The molecule has 0 unspecified atom stereocenters. The first-order valence-electron chi connectivity index (χ1n) is 10.1. The molecule has 0 atom stereocenters. The number of carbonyl (C=O) groups is 2. The minimum absolute atomic E-state index is 0.0225. The quantitative estimate of drug-likeness (QED) is 0.271. The number of thioether (sulfide) groups is 2. The molecule has 2 rings (SSSR count). The van der Waals surface area contributed by atoms with Crippen molar-refractivity contribution < 1.29 is 23.4 Å². The molecule has 3 N–H and O–H groups in total. The normalized spacial score (nSPS) is 11.5. The van der Waals surface area contributed by atoms with Gasteiger partial charge in [0.25, 0.3) is 5.56 Å². The standard InChI is InChI=1S/C18H28N5O6PS2/c1-3-13(24)31-9-7-28-30(29-8-10-32-14(25)4-2)12-27-6-5-23-11-20-15-16(23)21-18(19)22-17(15)26/h11H,3-10,12H2,1-2H3,(H3,19,21,22,26). The van der Waals surface area contributed by atoms with Crippen molar-refractivity contribution in [2.24, 2.45) is 0 Å². The van der Waals surface area contributed by atoms with Crippen molar-refractivity contribution in [3.8, 4) is 0 Å². The number of nitrogens with two attached hydrogens (primary N) is 1. The molecule has 11 nitrogen and oxygen atoms in total. The first-order valence-corrected chi connectivity index (χ1v) is 13.4. The van der Waals surface area contributed by atoms with Crippen LogP contribution in [0.3, 0.4) is 0 Å². The molecule has 2 aromatic rings. The number of fused-ring (bicyclic) bond motifs is 1. The molecule has 0 aliphatic rings. The molecule has 32 heavy (non-hydrogen) atoms. The molecule has 0 aliphatic heterocycles. The lowest BCUT2D eigenvalue weighted by atomic mass is 10.5. The number of nitrogens with one attached hydrogen (secondary N) is 1. The number of carbonyl (C=O) groups excluding carboxylic acids is 2. The van der Waals surface area contributed by atoms with Gasteiger partial charge in [0.15, 0.2) is 29.8 Å². The van der Waals surface area contributed by atoms with E-state index in [1.54, 1.807) is 4.57 Å². The van der Waals surface area contributed by atoms with E-state index in [1.165, 1.54) is 29.9 Å². The van der Waals surface area contributed by atoms with E-state index in [4.69, 9.17) is 19.5 Å². The van der Waals surface area contributed by atoms with Gasteiger partial charge < -0.3 is 24.1 Å². The van der Waals surface area contributed by atoms with Crippen molar-refractivity contribution in [2.75, 3.05) is 43.4 Å². The van der Waals surface area contributed by atoms with Crippen LogP contribution in [0.25, 0.3) is 11.2 Å². The van der Waals surface area contributed by atoms with Gasteiger partial charge in [-0.05, 0) is 0 Å². The number of hydrogen-bond acceptors (Lipinski definition) is 11. The Morgan fingerprint density at radius 2 is 1.75 bits per heavy atom. The van der Waals surface area contributed by atoms with E-state index >= 15 is 0 Å². The lowest BCUT2D eigenvalue weighted by Gasteiger charge is -2.17. The van der Waals surface area contributed by atoms with Gasteiger partial charge in [-0.2, -0.15) is 4.98 Å². The Balaban J connectivity index is 1.80. The largest absolute Gasteiger partial charge is 0.370 e. The van der Waals surface area contributed by atoms with Crippen LogP contribution in [-0.2, 0) is 29.9 Å². The molecular formula is C18H28N5O6PS2. The number of hydrogen-bond donors (Lipinski definition) is 2. The van der Waals surface area contributed by atoms with Crippen LogP contribution in [0.2, 0.25) is 0 Å². The lowest BCUT2D eigenvalue weighted by molar-refractivity contribution is -0.111. The van der Waals surface area contributed by atoms with Gasteiger partial charge in [0.2, 0.25) is 5.95 Å². The van der Waals surface area contributed by atoms with E-state index in [9.17, 15) is 14.4 Å². The number of anilines is 1. The van der Waals surface area contributed by atoms with E-state index in [0.29, 0.717) is 56.4 Å². The molecule has 0 saturated carbocycles. The highest BCUT2D eigenvalue weighted by Crippen LogP contribution is 2.38. The number of aromatic nitrogens is 4. The topological polar surface area (TPSA) is 151 Å². The zero-order valence-corrected chi connectivity index (χ0v) is 20.6. The van der Waals surface area contributed by atoms with Crippen LogP contribution in [0.5, 0.6) is 0 Å². The van der Waals surface area contributed by atoms with Gasteiger partial charge in [0, 0.05) is 30.9 Å². The van der Waals surface area contributed by atoms with Gasteiger partial charge in [-0.15, -0.1) is 0 Å². The summed E-state index contributed by atoms with van der Waals surface area (Å²) < 4.78 is 18.9. The summed E-state index contributed by atoms with van der Waals surface area (Å²) in [6.07, 6.45) is 2.71. The predicted molar refractivity (Wildman–Crippen MR) is 128 cm³/mol. The second-order valence-electron chi connectivity index (χ2n) is 6.25. The fourth-order valence-electron chi connectivity index (χ4n) is 2.34. The number of nitrogen functional groups attached to an aromatic ring is 1. The lowest BCUT2D eigenvalue weighted by Crippen LogP contribution is -2.13. The zero-order valence-electron chi connectivity index (χ0n) is 18.1. The second kappa shape index (κ2) is 14.6. The number of imidazole rings is 1. The molecule has 0 amide bonds. The molecular weight excluding hydrogens is 477 g/mol. The summed E-state index contributed by atoms with van der Waals surface area (Å²) in [6, 6.07) is 0. The minimum atomic E-state index is -1.33. The van der Waals surface area contributed by atoms with Gasteiger partial charge in [-0.3, -0.25) is 19.4 Å². The van der Waals surface area contributed by atoms with E-state index < -0.39 is 13.9 Å². The SMILES string of the molecule is CCC(=O)SCCOP(COCCn1cnc2c(=O)[nH]c(N)nc21)OCCSC(=O)CC. The van der Waals surface area contributed by atoms with E-state index in [2.05, 4.69) is 15.0 Å². The molecule has 0 radical (unpaired) electrons. The van der Waals surface area contributed by atoms with Crippen LogP contribution in [0.15, 0.2) is 11.1 Å². The highest BCUT2D eigenvalue weighted by atomic mass is 32.2. The summed E-state index contributed by atoms with van der Waals surface area (Å²) in [5.74, 6) is 1.11. The predicted octanol–water partition coefficient (Wildman–Crippen LogP) is 2.36. The van der Waals surface area contributed by atoms with Crippen LogP contribution >= 0.6 is 31.9 Å². The van der Waals surface area contributed by atoms with Gasteiger partial charge >= 0.3 is 0 Å². The van der Waals surface area contributed by atoms with Crippen LogP contribution in [0.1, 0.15) is 26.7 Å². The zero-order chi connectivity index (χ0) is 23.3. The molecule has 0 aliphatic carbocycles. The summed E-state index contributed by atoms with van der Waals surface area (Å²) in [7, 11) is -1.33. The van der Waals surface area contributed by atoms with Crippen molar-refractivity contribution in [3.05, 3.63) is 16.7 Å². The third kappa shape index (κ3) is 9.16. The fourth-order valence-corrected chi connectivity index (χ4v) is 4.88. The summed E-state index contributed by atoms with van der Waals surface area (Å²) in [6.45, 7) is 5.10. The first-order chi connectivity index (χ1) is 15.4. The number of nitrogens with zero attached hydrogens (tertiary/aromatic N) is 3. The molecule has 0 bridgehead atoms. The monoisotopic (exact) mass is 505 g/mol. The molecule has 0 aromatic carbocycles. The van der Waals surface area contributed by atoms with Crippen molar-refractivity contribution in [1.82, 2.24) is 19.5 Å². The van der Waals surface area contributed by atoms with Crippen LogP contribution in [-0.4, -0.2) is 67.4 Å². The van der Waals surface area contributed by atoms with E-state index in [0.717, 1.165) is 0 Å². The van der Waals surface area contributed by atoms with Crippen LogP contribution in [0.4, 0.5) is 5.95 Å². The average Bonchev–Trinajstić information content (AvgIpc) is 3.18. The average molecular weight is 506 g/mol. The highest BCUT2D eigenvalue weighted by molar-refractivity contribution is 8.13. The van der Waals surface area contributed by atoms with Gasteiger partial charge in [0.1, 0.15) is 6.35 Å². The number of rotatable bonds is 15. The Hall–Kier alpha value is -1.50. The van der Waals surface area contributed by atoms with Gasteiger partial charge in [-0.25, -0.2) is 4.98 Å². The summed E-state index contributed by atoms with van der Waals surface area (Å²) >= 11 is 2.46. The number of H-pyrrole nitrogens is 1. The molecule has 0 saturated heterocycles. The molecule has 2 aromatic heterocycles. The summed E-state index contributed by atoms with van der Waals surface area (Å²) in [5.41, 5.74) is 5.81. The highest BCUT2D eigenvalue weighted by Gasteiger charge is 2.14. The van der Waals surface area contributed by atoms with E-state index in [1.807, 2.05) is 13.8 Å². The van der Waals surface area contributed by atoms with Crippen molar-refractivity contribution in [3.63, 3.8) is 0 Å². The third-order valence-corrected chi connectivity index (χ3v) is 7.20. The Labute approximate surface area is 195 Å². The Kier molecular flexibility index (Phi) is 12.2. The smallest absolute Gasteiger partial charge is 0.280 e. The fraction of sp³-hybridized carbons (Fsp3) is 0.611.